The van der Waals surface area contributed by atoms with Crippen LogP contribution < -0.4 is 10.6 Å². The first kappa shape index (κ1) is 19.8. The summed E-state index contributed by atoms with van der Waals surface area (Å²) < 4.78 is 1.98. The van der Waals surface area contributed by atoms with Crippen LogP contribution >= 0.6 is 11.8 Å². The molecule has 1 aromatic heterocycles. The highest BCUT2D eigenvalue weighted by Gasteiger charge is 2.05. The average Bonchev–Trinajstić information content (AvgIpc) is 2.87. The van der Waals surface area contributed by atoms with E-state index in [2.05, 4.69) is 39.0 Å². The lowest BCUT2D eigenvalue weighted by Gasteiger charge is -2.12. The molecule has 0 spiro atoms. The molecule has 0 aromatic carbocycles. The molecule has 0 aliphatic carbocycles. The molecule has 1 aromatic rings. The van der Waals surface area contributed by atoms with Crippen molar-refractivity contribution in [2.45, 2.75) is 52.5 Å². The average molecular weight is 341 g/mol. The van der Waals surface area contributed by atoms with Crippen LogP contribution in [0.25, 0.3) is 0 Å². The van der Waals surface area contributed by atoms with Gasteiger partial charge in [-0.25, -0.2) is 4.99 Å². The maximum Gasteiger partial charge on any atom is 0.191 e. The summed E-state index contributed by atoms with van der Waals surface area (Å²) >= 11 is 1.87. The highest BCUT2D eigenvalue weighted by atomic mass is 32.2. The molecule has 0 aliphatic rings. The molecule has 1 heterocycles. The van der Waals surface area contributed by atoms with Crippen LogP contribution in [0.2, 0.25) is 0 Å². The van der Waals surface area contributed by atoms with Gasteiger partial charge >= 0.3 is 0 Å². The predicted octanol–water partition coefficient (Wildman–Crippen LogP) is 2.49. The van der Waals surface area contributed by atoms with E-state index in [9.17, 15) is 0 Å². The lowest BCUT2D eigenvalue weighted by atomic mass is 10.2. The molecule has 0 aliphatic heterocycles. The Hall–Kier alpha value is -1.24. The lowest BCUT2D eigenvalue weighted by molar-refractivity contribution is 0.644. The number of rotatable bonds is 11. The van der Waals surface area contributed by atoms with Crippen molar-refractivity contribution in [2.24, 2.45) is 12.0 Å². The Morgan fingerprint density at radius 3 is 2.48 bits per heavy atom. The summed E-state index contributed by atoms with van der Waals surface area (Å²) in [6.45, 7) is 6.64. The minimum Gasteiger partial charge on any atom is -0.356 e. The smallest absolute Gasteiger partial charge is 0.191 e. The van der Waals surface area contributed by atoms with Crippen molar-refractivity contribution in [3.8, 4) is 0 Å². The van der Waals surface area contributed by atoms with Crippen LogP contribution in [0, 0.1) is 6.92 Å². The molecule has 2 N–H and O–H groups in total. The third-order valence-electron chi connectivity index (χ3n) is 3.70. The van der Waals surface area contributed by atoms with Gasteiger partial charge in [-0.05, 0) is 31.8 Å². The number of thioether (sulfide) groups is 1. The summed E-state index contributed by atoms with van der Waals surface area (Å²) in [5.41, 5.74) is 0. The molecule has 0 unspecified atom stereocenters. The number of unbranched alkanes of at least 4 members (excludes halogenated alkanes) is 3. The third kappa shape index (κ3) is 8.25. The van der Waals surface area contributed by atoms with Gasteiger partial charge in [0.05, 0.1) is 0 Å². The van der Waals surface area contributed by atoms with Crippen LogP contribution in [0.3, 0.4) is 0 Å². The number of guanidine groups is 1. The monoisotopic (exact) mass is 340 g/mol. The molecule has 23 heavy (non-hydrogen) atoms. The van der Waals surface area contributed by atoms with Gasteiger partial charge in [0.25, 0.3) is 0 Å². The number of aliphatic imine (C=N–C) groups is 1. The van der Waals surface area contributed by atoms with Gasteiger partial charge in [0.1, 0.15) is 12.4 Å². The molecule has 0 fully saturated rings. The van der Waals surface area contributed by atoms with Gasteiger partial charge in [-0.2, -0.15) is 11.8 Å². The maximum absolute atomic E-state index is 4.65. The molecular formula is C16H32N6S. The van der Waals surface area contributed by atoms with Crippen LogP contribution in [0.1, 0.15) is 50.7 Å². The fraction of sp³-hybridized carbons (Fsp3) is 0.812. The number of nitrogens with one attached hydrogen (secondary N) is 2. The molecule has 0 bridgehead atoms. The topological polar surface area (TPSA) is 67.1 Å². The van der Waals surface area contributed by atoms with E-state index in [4.69, 9.17) is 0 Å². The Balaban J connectivity index is 2.47. The van der Waals surface area contributed by atoms with Crippen molar-refractivity contribution in [1.82, 2.24) is 25.4 Å². The fourth-order valence-corrected chi connectivity index (χ4v) is 2.53. The second-order valence-corrected chi connectivity index (χ2v) is 6.63. The Morgan fingerprint density at radius 2 is 1.87 bits per heavy atom. The Morgan fingerprint density at radius 1 is 1.13 bits per heavy atom. The standard InChI is InChI=1S/C16H32N6S/c1-5-6-7-8-10-17-16(18-11-9-12-23-4)19-13-15-21-20-14(2)22(15)3/h5-13H2,1-4H3,(H2,17,18,19). The molecule has 1 rings (SSSR count). The summed E-state index contributed by atoms with van der Waals surface area (Å²) in [4.78, 5) is 4.65. The largest absolute Gasteiger partial charge is 0.356 e. The van der Waals surface area contributed by atoms with Gasteiger partial charge in [0, 0.05) is 20.1 Å². The maximum atomic E-state index is 4.65. The zero-order valence-electron chi connectivity index (χ0n) is 15.1. The highest BCUT2D eigenvalue weighted by molar-refractivity contribution is 7.98. The van der Waals surface area contributed by atoms with Crippen molar-refractivity contribution in [2.75, 3.05) is 25.1 Å². The number of aromatic nitrogens is 3. The van der Waals surface area contributed by atoms with Crippen LogP contribution in [-0.2, 0) is 13.6 Å². The fourth-order valence-electron chi connectivity index (χ4n) is 2.09. The van der Waals surface area contributed by atoms with E-state index in [1.54, 1.807) is 0 Å². The number of hydrogen-bond acceptors (Lipinski definition) is 4. The molecule has 6 nitrogen and oxygen atoms in total. The molecule has 7 heteroatoms. The van der Waals surface area contributed by atoms with Gasteiger partial charge in [-0.1, -0.05) is 26.2 Å². The third-order valence-corrected chi connectivity index (χ3v) is 4.40. The molecule has 0 radical (unpaired) electrons. The van der Waals surface area contributed by atoms with E-state index in [1.165, 1.54) is 31.4 Å². The number of hydrogen-bond donors (Lipinski definition) is 2. The van der Waals surface area contributed by atoms with Gasteiger partial charge in [-0.15, -0.1) is 10.2 Å². The summed E-state index contributed by atoms with van der Waals surface area (Å²) in [5.74, 6) is 3.85. The SMILES string of the molecule is CCCCCCNC(=NCc1nnc(C)n1C)NCCCSC. The van der Waals surface area contributed by atoms with E-state index in [-0.39, 0.29) is 0 Å². The Kier molecular flexibility index (Phi) is 10.5. The van der Waals surface area contributed by atoms with Crippen molar-refractivity contribution in [1.29, 1.82) is 0 Å². The highest BCUT2D eigenvalue weighted by Crippen LogP contribution is 2.00. The summed E-state index contributed by atoms with van der Waals surface area (Å²) in [6, 6.07) is 0. The predicted molar refractivity (Wildman–Crippen MR) is 100 cm³/mol. The minimum absolute atomic E-state index is 0.546. The first-order chi connectivity index (χ1) is 11.2. The van der Waals surface area contributed by atoms with Crippen molar-refractivity contribution < 1.29 is 0 Å². The molecule has 0 atom stereocenters. The summed E-state index contributed by atoms with van der Waals surface area (Å²) in [7, 11) is 1.98. The van der Waals surface area contributed by atoms with E-state index in [0.717, 1.165) is 37.1 Å². The second-order valence-electron chi connectivity index (χ2n) is 5.65. The molecule has 0 saturated heterocycles. The molecule has 132 valence electrons. The lowest BCUT2D eigenvalue weighted by Crippen LogP contribution is -2.38. The second kappa shape index (κ2) is 12.2. The van der Waals surface area contributed by atoms with Gasteiger partial charge in [-0.3, -0.25) is 0 Å². The van der Waals surface area contributed by atoms with Crippen molar-refractivity contribution >= 4 is 17.7 Å². The van der Waals surface area contributed by atoms with Crippen LogP contribution in [0.5, 0.6) is 0 Å². The van der Waals surface area contributed by atoms with Gasteiger partial charge < -0.3 is 15.2 Å². The quantitative estimate of drug-likeness (QED) is 0.368. The normalized spacial score (nSPS) is 11.7. The number of aryl methyl sites for hydroxylation is 1. The Labute approximate surface area is 144 Å². The van der Waals surface area contributed by atoms with E-state index in [1.807, 2.05) is 30.3 Å². The summed E-state index contributed by atoms with van der Waals surface area (Å²) in [6.07, 6.45) is 8.29. The zero-order valence-corrected chi connectivity index (χ0v) is 15.9. The van der Waals surface area contributed by atoms with E-state index >= 15 is 0 Å². The van der Waals surface area contributed by atoms with Crippen molar-refractivity contribution in [3.63, 3.8) is 0 Å². The first-order valence-electron chi connectivity index (χ1n) is 8.55. The first-order valence-corrected chi connectivity index (χ1v) is 9.94. The molecule has 0 saturated carbocycles. The number of nitrogens with zero attached hydrogens (tertiary/aromatic N) is 4. The summed E-state index contributed by atoms with van der Waals surface area (Å²) in [5, 5.41) is 15.1. The van der Waals surface area contributed by atoms with E-state index < -0.39 is 0 Å². The molecular weight excluding hydrogens is 308 g/mol. The van der Waals surface area contributed by atoms with E-state index in [0.29, 0.717) is 6.54 Å². The van der Waals surface area contributed by atoms with Crippen LogP contribution in [0.4, 0.5) is 0 Å². The van der Waals surface area contributed by atoms with Crippen molar-refractivity contribution in [3.05, 3.63) is 11.6 Å². The van der Waals surface area contributed by atoms with Gasteiger partial charge in [0.15, 0.2) is 11.8 Å². The zero-order chi connectivity index (χ0) is 16.9. The molecule has 0 amide bonds. The van der Waals surface area contributed by atoms with Crippen LogP contribution in [-0.4, -0.2) is 45.8 Å². The van der Waals surface area contributed by atoms with Crippen LogP contribution in [0.15, 0.2) is 4.99 Å². The van der Waals surface area contributed by atoms with Gasteiger partial charge in [0.2, 0.25) is 0 Å². The minimum atomic E-state index is 0.546. The Bertz CT molecular complexity index is 457.